The fourth-order valence-electron chi connectivity index (χ4n) is 0.993. The van der Waals surface area contributed by atoms with Crippen molar-refractivity contribution >= 4 is 17.5 Å². The highest BCUT2D eigenvalue weighted by Crippen LogP contribution is 2.01. The normalized spacial score (nSPS) is 12.2. The molecule has 0 bridgehead atoms. The van der Waals surface area contributed by atoms with Crippen LogP contribution in [0.15, 0.2) is 12.4 Å². The highest BCUT2D eigenvalue weighted by Gasteiger charge is 2.10. The van der Waals surface area contributed by atoms with Gasteiger partial charge in [-0.1, -0.05) is 11.6 Å². The number of aliphatic hydroxyl groups is 1. The first-order chi connectivity index (χ1) is 7.13. The fraction of sp³-hybridized carbons (Fsp3) is 0.444. The topological polar surface area (TPSA) is 75.1 Å². The molecule has 5 nitrogen and oxygen atoms in total. The van der Waals surface area contributed by atoms with Crippen molar-refractivity contribution in [1.29, 1.82) is 0 Å². The maximum atomic E-state index is 11.5. The van der Waals surface area contributed by atoms with Gasteiger partial charge in [0.1, 0.15) is 10.8 Å². The maximum Gasteiger partial charge on any atom is 0.271 e. The van der Waals surface area contributed by atoms with Crippen molar-refractivity contribution in [3.8, 4) is 0 Å². The first kappa shape index (κ1) is 11.9. The lowest BCUT2D eigenvalue weighted by molar-refractivity contribution is 0.0929. The van der Waals surface area contributed by atoms with Gasteiger partial charge < -0.3 is 10.4 Å². The Morgan fingerprint density at radius 3 is 2.87 bits per heavy atom. The van der Waals surface area contributed by atoms with Crippen molar-refractivity contribution in [2.75, 3.05) is 6.61 Å². The van der Waals surface area contributed by atoms with Gasteiger partial charge in [0.05, 0.1) is 12.4 Å². The molecule has 82 valence electrons. The first-order valence-corrected chi connectivity index (χ1v) is 4.90. The van der Waals surface area contributed by atoms with Gasteiger partial charge in [-0.2, -0.15) is 0 Å². The number of amides is 1. The summed E-state index contributed by atoms with van der Waals surface area (Å²) in [6, 6.07) is -0.0972. The minimum atomic E-state index is -0.319. The first-order valence-electron chi connectivity index (χ1n) is 4.52. The van der Waals surface area contributed by atoms with E-state index in [9.17, 15) is 4.79 Å². The van der Waals surface area contributed by atoms with Gasteiger partial charge in [-0.25, -0.2) is 9.97 Å². The van der Waals surface area contributed by atoms with Gasteiger partial charge >= 0.3 is 0 Å². The van der Waals surface area contributed by atoms with Crippen LogP contribution in [0, 0.1) is 0 Å². The summed E-state index contributed by atoms with van der Waals surface area (Å²) in [6.45, 7) is 1.84. The summed E-state index contributed by atoms with van der Waals surface area (Å²) in [5, 5.41) is 11.6. The van der Waals surface area contributed by atoms with Crippen molar-refractivity contribution < 1.29 is 9.90 Å². The summed E-state index contributed by atoms with van der Waals surface area (Å²) in [6.07, 6.45) is 3.13. The fourth-order valence-corrected chi connectivity index (χ4v) is 1.09. The van der Waals surface area contributed by atoms with E-state index in [-0.39, 0.29) is 29.4 Å². The second-order valence-corrected chi connectivity index (χ2v) is 3.50. The van der Waals surface area contributed by atoms with Crippen molar-refractivity contribution in [1.82, 2.24) is 15.3 Å². The summed E-state index contributed by atoms with van der Waals surface area (Å²) < 4.78 is 0. The molecule has 1 heterocycles. The molecule has 15 heavy (non-hydrogen) atoms. The number of carbonyl (C=O) groups is 1. The van der Waals surface area contributed by atoms with Gasteiger partial charge in [0.25, 0.3) is 5.91 Å². The molecule has 0 radical (unpaired) electrons. The van der Waals surface area contributed by atoms with Crippen LogP contribution in [0.4, 0.5) is 0 Å². The average molecular weight is 230 g/mol. The molecule has 6 heteroatoms. The van der Waals surface area contributed by atoms with E-state index in [2.05, 4.69) is 15.3 Å². The molecule has 0 saturated heterocycles. The third-order valence-electron chi connectivity index (χ3n) is 1.79. The van der Waals surface area contributed by atoms with Crippen LogP contribution in [0.1, 0.15) is 23.8 Å². The molecule has 1 amide bonds. The summed E-state index contributed by atoms with van der Waals surface area (Å²) >= 11 is 5.53. The zero-order chi connectivity index (χ0) is 11.3. The quantitative estimate of drug-likeness (QED) is 0.794. The summed E-state index contributed by atoms with van der Waals surface area (Å²) in [5.74, 6) is -0.319. The predicted octanol–water partition coefficient (Wildman–Crippen LogP) is 0.631. The Bertz CT molecular complexity index is 329. The molecule has 0 fully saturated rings. The van der Waals surface area contributed by atoms with E-state index in [1.165, 1.54) is 12.4 Å². The Labute approximate surface area is 92.5 Å². The molecule has 0 saturated carbocycles. The highest BCUT2D eigenvalue weighted by molar-refractivity contribution is 6.29. The van der Waals surface area contributed by atoms with Gasteiger partial charge in [-0.15, -0.1) is 0 Å². The van der Waals surface area contributed by atoms with Gasteiger partial charge in [0.2, 0.25) is 0 Å². The number of carbonyl (C=O) groups excluding carboxylic acids is 1. The number of hydrogen-bond acceptors (Lipinski definition) is 4. The Morgan fingerprint density at radius 1 is 1.60 bits per heavy atom. The maximum absolute atomic E-state index is 11.5. The van der Waals surface area contributed by atoms with Crippen LogP contribution in [-0.2, 0) is 0 Å². The Hall–Kier alpha value is -1.20. The number of nitrogens with one attached hydrogen (secondary N) is 1. The van der Waals surface area contributed by atoms with Crippen LogP contribution in [-0.4, -0.2) is 33.6 Å². The third-order valence-corrected chi connectivity index (χ3v) is 1.99. The lowest BCUT2D eigenvalue weighted by Gasteiger charge is -2.11. The summed E-state index contributed by atoms with van der Waals surface area (Å²) in [7, 11) is 0. The van der Waals surface area contributed by atoms with E-state index in [1.807, 2.05) is 0 Å². The van der Waals surface area contributed by atoms with E-state index in [1.54, 1.807) is 6.92 Å². The zero-order valence-corrected chi connectivity index (χ0v) is 9.03. The minimum absolute atomic E-state index is 0.0355. The van der Waals surface area contributed by atoms with Crippen LogP contribution >= 0.6 is 11.6 Å². The smallest absolute Gasteiger partial charge is 0.271 e. The van der Waals surface area contributed by atoms with Crippen LogP contribution in [0.3, 0.4) is 0 Å². The molecule has 0 aliphatic heterocycles. The van der Waals surface area contributed by atoms with Crippen molar-refractivity contribution in [3.63, 3.8) is 0 Å². The summed E-state index contributed by atoms with van der Waals surface area (Å²) in [4.78, 5) is 19.1. The molecule has 1 aromatic rings. The molecule has 0 aliphatic carbocycles. The highest BCUT2D eigenvalue weighted by atomic mass is 35.5. The lowest BCUT2D eigenvalue weighted by atomic mass is 10.2. The monoisotopic (exact) mass is 229 g/mol. The lowest BCUT2D eigenvalue weighted by Crippen LogP contribution is -2.33. The Morgan fingerprint density at radius 2 is 2.33 bits per heavy atom. The zero-order valence-electron chi connectivity index (χ0n) is 8.27. The van der Waals surface area contributed by atoms with Crippen LogP contribution in [0.25, 0.3) is 0 Å². The van der Waals surface area contributed by atoms with E-state index in [0.29, 0.717) is 6.42 Å². The Kier molecular flexibility index (Phi) is 4.45. The SMILES string of the molecule is CC(CCO)NC(=O)c1cnc(Cl)cn1. The molecule has 1 atom stereocenters. The summed E-state index contributed by atoms with van der Waals surface area (Å²) in [5.41, 5.74) is 0.212. The predicted molar refractivity (Wildman–Crippen MR) is 55.7 cm³/mol. The number of halogens is 1. The molecular weight excluding hydrogens is 218 g/mol. The number of aliphatic hydroxyl groups excluding tert-OH is 1. The molecular formula is C9H12ClN3O2. The third kappa shape index (κ3) is 3.81. The minimum Gasteiger partial charge on any atom is -0.396 e. The van der Waals surface area contributed by atoms with Crippen LogP contribution in [0.5, 0.6) is 0 Å². The van der Waals surface area contributed by atoms with Crippen LogP contribution in [0.2, 0.25) is 5.15 Å². The van der Waals surface area contributed by atoms with Gasteiger partial charge in [-0.05, 0) is 13.3 Å². The van der Waals surface area contributed by atoms with Crippen LogP contribution < -0.4 is 5.32 Å². The van der Waals surface area contributed by atoms with E-state index in [4.69, 9.17) is 16.7 Å². The Balaban J connectivity index is 2.57. The molecule has 1 rings (SSSR count). The molecule has 1 unspecified atom stereocenters. The average Bonchev–Trinajstić information content (AvgIpc) is 2.18. The van der Waals surface area contributed by atoms with Gasteiger partial charge in [0, 0.05) is 12.6 Å². The molecule has 2 N–H and O–H groups in total. The number of hydrogen-bond donors (Lipinski definition) is 2. The largest absolute Gasteiger partial charge is 0.396 e. The second kappa shape index (κ2) is 5.63. The van der Waals surface area contributed by atoms with E-state index < -0.39 is 0 Å². The van der Waals surface area contributed by atoms with Crippen molar-refractivity contribution in [2.24, 2.45) is 0 Å². The number of rotatable bonds is 4. The molecule has 0 aliphatic rings. The van der Waals surface area contributed by atoms with Gasteiger partial charge in [-0.3, -0.25) is 4.79 Å². The number of nitrogens with zero attached hydrogens (tertiary/aromatic N) is 2. The second-order valence-electron chi connectivity index (χ2n) is 3.11. The van der Waals surface area contributed by atoms with Gasteiger partial charge in [0.15, 0.2) is 0 Å². The standard InChI is InChI=1S/C9H12ClN3O2/c1-6(2-3-14)13-9(15)7-4-12-8(10)5-11-7/h4-6,14H,2-3H2,1H3,(H,13,15). The van der Waals surface area contributed by atoms with Crippen molar-refractivity contribution in [2.45, 2.75) is 19.4 Å². The van der Waals surface area contributed by atoms with E-state index in [0.717, 1.165) is 0 Å². The molecule has 0 spiro atoms. The number of aromatic nitrogens is 2. The molecule has 1 aromatic heterocycles. The van der Waals surface area contributed by atoms with E-state index >= 15 is 0 Å². The van der Waals surface area contributed by atoms with Crippen molar-refractivity contribution in [3.05, 3.63) is 23.2 Å². The molecule has 0 aromatic carbocycles.